The van der Waals surface area contributed by atoms with Crippen LogP contribution in [0.3, 0.4) is 0 Å². The Labute approximate surface area is 112 Å². The molecule has 0 saturated carbocycles. The van der Waals surface area contributed by atoms with Gasteiger partial charge in [0, 0.05) is 0 Å². The molecule has 1 heterocycles. The van der Waals surface area contributed by atoms with Crippen molar-refractivity contribution in [3.8, 4) is 5.75 Å². The van der Waals surface area contributed by atoms with Crippen molar-refractivity contribution in [3.63, 3.8) is 0 Å². The number of rotatable bonds is 3. The topological polar surface area (TPSA) is 29.5 Å². The molecule has 16 heavy (non-hydrogen) atoms. The third-order valence-electron chi connectivity index (χ3n) is 2.34. The van der Waals surface area contributed by atoms with Crippen LogP contribution in [0.25, 0.3) is 0 Å². The first-order valence-corrected chi connectivity index (χ1v) is 6.72. The highest BCUT2D eigenvalue weighted by Gasteiger charge is 2.11. The second-order valence-corrected chi connectivity index (χ2v) is 6.17. The van der Waals surface area contributed by atoms with Gasteiger partial charge in [-0.25, -0.2) is 0 Å². The minimum Gasteiger partial charge on any atom is -0.497 e. The SMILES string of the molecule is COc1ccc(C(O)c2csc(I)c2)cc1. The summed E-state index contributed by atoms with van der Waals surface area (Å²) in [5, 5.41) is 12.1. The number of benzene rings is 1. The van der Waals surface area contributed by atoms with Crippen LogP contribution in [0.4, 0.5) is 0 Å². The first-order chi connectivity index (χ1) is 7.70. The van der Waals surface area contributed by atoms with E-state index in [4.69, 9.17) is 4.74 Å². The van der Waals surface area contributed by atoms with Crippen molar-refractivity contribution in [3.05, 3.63) is 49.7 Å². The number of ether oxygens (including phenoxy) is 1. The highest BCUT2D eigenvalue weighted by atomic mass is 127. The molecule has 0 radical (unpaired) electrons. The average Bonchev–Trinajstić information content (AvgIpc) is 2.75. The number of aliphatic hydroxyl groups is 1. The van der Waals surface area contributed by atoms with E-state index in [2.05, 4.69) is 22.6 Å². The van der Waals surface area contributed by atoms with E-state index in [0.717, 1.165) is 16.9 Å². The zero-order valence-corrected chi connectivity index (χ0v) is 11.7. The molecule has 2 rings (SSSR count). The summed E-state index contributed by atoms with van der Waals surface area (Å²) >= 11 is 3.89. The second kappa shape index (κ2) is 5.16. The molecule has 0 aliphatic carbocycles. The van der Waals surface area contributed by atoms with E-state index in [0.29, 0.717) is 0 Å². The van der Waals surface area contributed by atoms with Crippen molar-refractivity contribution in [1.82, 2.24) is 0 Å². The van der Waals surface area contributed by atoms with Gasteiger partial charge < -0.3 is 9.84 Å². The Bertz CT molecular complexity index is 464. The minimum absolute atomic E-state index is 0.550. The molecule has 1 aromatic heterocycles. The summed E-state index contributed by atoms with van der Waals surface area (Å²) in [6.07, 6.45) is -0.550. The van der Waals surface area contributed by atoms with Crippen LogP contribution in [0.1, 0.15) is 17.2 Å². The van der Waals surface area contributed by atoms with Crippen LogP contribution in [-0.4, -0.2) is 12.2 Å². The number of halogens is 1. The van der Waals surface area contributed by atoms with Crippen LogP contribution in [0.5, 0.6) is 5.75 Å². The third kappa shape index (κ3) is 2.56. The molecule has 0 aliphatic rings. The van der Waals surface area contributed by atoms with Crippen molar-refractivity contribution >= 4 is 33.9 Å². The fraction of sp³-hybridized carbons (Fsp3) is 0.167. The summed E-state index contributed by atoms with van der Waals surface area (Å²) in [6, 6.07) is 9.48. The maximum absolute atomic E-state index is 10.1. The van der Waals surface area contributed by atoms with Gasteiger partial charge in [0.25, 0.3) is 0 Å². The normalized spacial score (nSPS) is 12.4. The van der Waals surface area contributed by atoms with Gasteiger partial charge in [-0.3, -0.25) is 0 Å². The molecule has 0 spiro atoms. The molecule has 0 fully saturated rings. The van der Waals surface area contributed by atoms with E-state index >= 15 is 0 Å². The van der Waals surface area contributed by atoms with Gasteiger partial charge in [0.15, 0.2) is 0 Å². The summed E-state index contributed by atoms with van der Waals surface area (Å²) < 4.78 is 6.26. The zero-order chi connectivity index (χ0) is 11.5. The maximum atomic E-state index is 10.1. The van der Waals surface area contributed by atoms with E-state index in [9.17, 15) is 5.11 Å². The molecule has 1 aromatic carbocycles. The molecule has 1 unspecified atom stereocenters. The molecule has 1 atom stereocenters. The summed E-state index contributed by atoms with van der Waals surface area (Å²) in [7, 11) is 1.63. The standard InChI is InChI=1S/C12H11IO2S/c1-15-10-4-2-8(3-5-10)12(14)9-6-11(13)16-7-9/h2-7,12,14H,1H3. The van der Waals surface area contributed by atoms with E-state index in [1.54, 1.807) is 18.4 Å². The fourth-order valence-corrected chi connectivity index (χ4v) is 2.84. The van der Waals surface area contributed by atoms with Crippen LogP contribution >= 0.6 is 33.9 Å². The number of hydrogen-bond donors (Lipinski definition) is 1. The van der Waals surface area contributed by atoms with E-state index in [1.807, 2.05) is 35.7 Å². The van der Waals surface area contributed by atoms with Crippen LogP contribution in [0, 0.1) is 2.88 Å². The zero-order valence-electron chi connectivity index (χ0n) is 8.68. The largest absolute Gasteiger partial charge is 0.497 e. The summed E-state index contributed by atoms with van der Waals surface area (Å²) in [5.74, 6) is 0.802. The number of aliphatic hydroxyl groups excluding tert-OH is 1. The molecule has 1 N–H and O–H groups in total. The Morgan fingerprint density at radius 2 is 1.94 bits per heavy atom. The fourth-order valence-electron chi connectivity index (χ4n) is 1.45. The average molecular weight is 346 g/mol. The van der Waals surface area contributed by atoms with Crippen LogP contribution in [0.15, 0.2) is 35.7 Å². The van der Waals surface area contributed by atoms with Gasteiger partial charge in [-0.2, -0.15) is 0 Å². The van der Waals surface area contributed by atoms with Crippen molar-refractivity contribution in [2.75, 3.05) is 7.11 Å². The summed E-state index contributed by atoms with van der Waals surface area (Å²) in [6.45, 7) is 0. The maximum Gasteiger partial charge on any atom is 0.118 e. The quantitative estimate of drug-likeness (QED) is 0.863. The molecule has 0 aliphatic heterocycles. The molecule has 2 nitrogen and oxygen atoms in total. The van der Waals surface area contributed by atoms with E-state index < -0.39 is 6.10 Å². The Balaban J connectivity index is 2.23. The lowest BCUT2D eigenvalue weighted by Crippen LogP contribution is -1.97. The van der Waals surface area contributed by atoms with Crippen LogP contribution < -0.4 is 4.74 Å². The molecule has 0 saturated heterocycles. The Morgan fingerprint density at radius 1 is 1.25 bits per heavy atom. The van der Waals surface area contributed by atoms with Gasteiger partial charge in [0.2, 0.25) is 0 Å². The van der Waals surface area contributed by atoms with E-state index in [1.165, 1.54) is 2.88 Å². The lowest BCUT2D eigenvalue weighted by atomic mass is 10.0. The van der Waals surface area contributed by atoms with Gasteiger partial charge in [0.1, 0.15) is 11.9 Å². The summed E-state index contributed by atoms with van der Waals surface area (Å²) in [4.78, 5) is 0. The Hall–Kier alpha value is -0.590. The minimum atomic E-state index is -0.550. The van der Waals surface area contributed by atoms with Crippen LogP contribution in [-0.2, 0) is 0 Å². The number of thiophene rings is 1. The highest BCUT2D eigenvalue weighted by molar-refractivity contribution is 14.1. The van der Waals surface area contributed by atoms with Crippen molar-refractivity contribution in [2.24, 2.45) is 0 Å². The van der Waals surface area contributed by atoms with Gasteiger partial charge in [0.05, 0.1) is 9.99 Å². The monoisotopic (exact) mass is 346 g/mol. The van der Waals surface area contributed by atoms with Gasteiger partial charge >= 0.3 is 0 Å². The first-order valence-electron chi connectivity index (χ1n) is 4.76. The smallest absolute Gasteiger partial charge is 0.118 e. The lowest BCUT2D eigenvalue weighted by Gasteiger charge is -2.09. The van der Waals surface area contributed by atoms with Gasteiger partial charge in [-0.1, -0.05) is 12.1 Å². The number of methoxy groups -OCH3 is 1. The molecule has 0 bridgehead atoms. The van der Waals surface area contributed by atoms with Gasteiger partial charge in [-0.15, -0.1) is 11.3 Å². The molecule has 84 valence electrons. The van der Waals surface area contributed by atoms with Gasteiger partial charge in [-0.05, 0) is 57.3 Å². The van der Waals surface area contributed by atoms with Crippen molar-refractivity contribution in [1.29, 1.82) is 0 Å². The number of hydrogen-bond acceptors (Lipinski definition) is 3. The third-order valence-corrected chi connectivity index (χ3v) is 4.14. The first kappa shape index (κ1) is 11.9. The Kier molecular flexibility index (Phi) is 3.83. The second-order valence-electron chi connectivity index (χ2n) is 3.36. The van der Waals surface area contributed by atoms with Crippen molar-refractivity contribution in [2.45, 2.75) is 6.10 Å². The summed E-state index contributed by atoms with van der Waals surface area (Å²) in [5.41, 5.74) is 1.83. The predicted octanol–water partition coefficient (Wildman–Crippen LogP) is 3.44. The predicted molar refractivity (Wildman–Crippen MR) is 74.1 cm³/mol. The molecule has 0 amide bonds. The lowest BCUT2D eigenvalue weighted by molar-refractivity contribution is 0.220. The Morgan fingerprint density at radius 3 is 2.44 bits per heavy atom. The molecule has 2 aromatic rings. The highest BCUT2D eigenvalue weighted by Crippen LogP contribution is 2.28. The molecular formula is C12H11IO2S. The van der Waals surface area contributed by atoms with E-state index in [-0.39, 0.29) is 0 Å². The molecular weight excluding hydrogens is 335 g/mol. The van der Waals surface area contributed by atoms with Crippen LogP contribution in [0.2, 0.25) is 0 Å². The molecule has 4 heteroatoms. The van der Waals surface area contributed by atoms with Crippen molar-refractivity contribution < 1.29 is 9.84 Å².